The highest BCUT2D eigenvalue weighted by atomic mass is 35.5. The van der Waals surface area contributed by atoms with Crippen molar-refractivity contribution in [3.05, 3.63) is 52.3 Å². The molecule has 0 aliphatic carbocycles. The third-order valence-electron chi connectivity index (χ3n) is 3.75. The normalized spacial score (nSPS) is 11.3. The number of hydrogen-bond acceptors (Lipinski definition) is 6. The number of carbonyl (C=O) groups is 1. The fraction of sp³-hybridized carbons (Fsp3) is 0.333. The number of aromatic nitrogens is 1. The molecule has 2 aromatic rings. The van der Waals surface area contributed by atoms with Crippen LogP contribution in [0, 0.1) is 13.8 Å². The Morgan fingerprint density at radius 1 is 1.19 bits per heavy atom. The van der Waals surface area contributed by atoms with Gasteiger partial charge in [0.25, 0.3) is 0 Å². The summed E-state index contributed by atoms with van der Waals surface area (Å²) in [6.45, 7) is 3.43. The van der Waals surface area contributed by atoms with Crippen LogP contribution in [0.25, 0.3) is 0 Å². The molecule has 2 rings (SSSR count). The van der Waals surface area contributed by atoms with E-state index in [0.29, 0.717) is 27.5 Å². The van der Waals surface area contributed by atoms with Crippen LogP contribution in [0.5, 0.6) is 5.75 Å². The van der Waals surface area contributed by atoms with Gasteiger partial charge in [-0.3, -0.25) is 9.78 Å². The second-order valence-electron chi connectivity index (χ2n) is 5.91. The number of carbonyl (C=O) groups excluding carboxylic acids is 1. The van der Waals surface area contributed by atoms with E-state index in [1.54, 1.807) is 32.3 Å². The Hall–Kier alpha value is -2.16. The molecule has 0 saturated heterocycles. The topological polar surface area (TPSA) is 94.6 Å². The maximum atomic E-state index is 12.4. The van der Waals surface area contributed by atoms with Crippen LogP contribution in [0.1, 0.15) is 23.1 Å². The van der Waals surface area contributed by atoms with E-state index in [-0.39, 0.29) is 24.5 Å². The fourth-order valence-corrected chi connectivity index (χ4v) is 3.63. The number of halogens is 1. The molecule has 0 bridgehead atoms. The van der Waals surface area contributed by atoms with Gasteiger partial charge in [0.05, 0.1) is 24.6 Å². The Kier molecular flexibility index (Phi) is 7.18. The zero-order valence-electron chi connectivity index (χ0n) is 15.3. The van der Waals surface area contributed by atoms with Crippen molar-refractivity contribution in [3.8, 4) is 5.75 Å². The molecule has 0 unspecified atom stereocenters. The van der Waals surface area contributed by atoms with Crippen LogP contribution < -0.4 is 9.46 Å². The predicted octanol–water partition coefficient (Wildman–Crippen LogP) is 2.77. The molecule has 0 atom stereocenters. The molecule has 27 heavy (non-hydrogen) atoms. The number of aryl methyl sites for hydroxylation is 2. The molecule has 0 radical (unpaired) electrons. The molecule has 0 aliphatic heterocycles. The van der Waals surface area contributed by atoms with Gasteiger partial charge >= 0.3 is 5.97 Å². The summed E-state index contributed by atoms with van der Waals surface area (Å²) in [6.07, 6.45) is 3.01. The van der Waals surface area contributed by atoms with Gasteiger partial charge in [0.2, 0.25) is 10.0 Å². The minimum Gasteiger partial charge on any atom is -0.495 e. The van der Waals surface area contributed by atoms with Crippen molar-refractivity contribution in [3.63, 3.8) is 0 Å². The number of rotatable bonds is 8. The van der Waals surface area contributed by atoms with Gasteiger partial charge in [-0.05, 0) is 43.2 Å². The molecule has 0 fully saturated rings. The standard InChI is InChI=1S/C18H21ClN2O5S/c1-12-6-16(7-13(2)18(12)19)27(23,24)21-5-4-17(22)26-11-14-8-15(25-3)10-20-9-14/h6-10,21H,4-5,11H2,1-3H3. The van der Waals surface area contributed by atoms with Gasteiger partial charge in [0.15, 0.2) is 0 Å². The summed E-state index contributed by atoms with van der Waals surface area (Å²) in [5.74, 6) is 0.0360. The van der Waals surface area contributed by atoms with Gasteiger partial charge in [0, 0.05) is 23.3 Å². The number of hydrogen-bond donors (Lipinski definition) is 1. The molecule has 0 saturated carbocycles. The van der Waals surface area contributed by atoms with Crippen LogP contribution in [0.2, 0.25) is 5.02 Å². The number of benzene rings is 1. The van der Waals surface area contributed by atoms with E-state index < -0.39 is 16.0 Å². The molecule has 1 heterocycles. The van der Waals surface area contributed by atoms with E-state index in [1.165, 1.54) is 19.2 Å². The van der Waals surface area contributed by atoms with Gasteiger partial charge in [-0.1, -0.05) is 11.6 Å². The Morgan fingerprint density at radius 3 is 2.48 bits per heavy atom. The van der Waals surface area contributed by atoms with Crippen molar-refractivity contribution >= 4 is 27.6 Å². The molecular formula is C18H21ClN2O5S. The van der Waals surface area contributed by atoms with Crippen LogP contribution in [-0.4, -0.2) is 33.0 Å². The minimum atomic E-state index is -3.74. The molecule has 9 heteroatoms. The largest absolute Gasteiger partial charge is 0.495 e. The van der Waals surface area contributed by atoms with Crippen LogP contribution in [0.15, 0.2) is 35.5 Å². The number of methoxy groups -OCH3 is 1. The van der Waals surface area contributed by atoms with E-state index in [4.69, 9.17) is 21.1 Å². The lowest BCUT2D eigenvalue weighted by Crippen LogP contribution is -2.27. The molecule has 0 amide bonds. The summed E-state index contributed by atoms with van der Waals surface area (Å²) in [5.41, 5.74) is 2.02. The first-order valence-corrected chi connectivity index (χ1v) is 9.99. The number of esters is 1. The number of nitrogens with one attached hydrogen (secondary N) is 1. The van der Waals surface area contributed by atoms with Crippen LogP contribution in [-0.2, 0) is 26.2 Å². The third kappa shape index (κ3) is 5.92. The smallest absolute Gasteiger partial charge is 0.307 e. The van der Waals surface area contributed by atoms with Crippen molar-refractivity contribution in [2.75, 3.05) is 13.7 Å². The van der Waals surface area contributed by atoms with E-state index in [9.17, 15) is 13.2 Å². The lowest BCUT2D eigenvalue weighted by molar-refractivity contribution is -0.144. The first kappa shape index (κ1) is 21.1. The summed E-state index contributed by atoms with van der Waals surface area (Å²) in [6, 6.07) is 4.69. The highest BCUT2D eigenvalue weighted by Gasteiger charge is 2.17. The molecule has 1 N–H and O–H groups in total. The molecular weight excluding hydrogens is 392 g/mol. The number of nitrogens with zero attached hydrogens (tertiary/aromatic N) is 1. The van der Waals surface area contributed by atoms with Crippen LogP contribution in [0.3, 0.4) is 0 Å². The SMILES string of the molecule is COc1cncc(COC(=O)CCNS(=O)(=O)c2cc(C)c(Cl)c(C)c2)c1. The van der Waals surface area contributed by atoms with Gasteiger partial charge < -0.3 is 9.47 Å². The summed E-state index contributed by atoms with van der Waals surface area (Å²) in [4.78, 5) is 15.9. The maximum absolute atomic E-state index is 12.4. The highest BCUT2D eigenvalue weighted by Crippen LogP contribution is 2.24. The molecule has 0 spiro atoms. The molecule has 0 aliphatic rings. The molecule has 146 valence electrons. The summed E-state index contributed by atoms with van der Waals surface area (Å²) >= 11 is 6.06. The van der Waals surface area contributed by atoms with E-state index in [2.05, 4.69) is 9.71 Å². The summed E-state index contributed by atoms with van der Waals surface area (Å²) < 4.78 is 37.3. The summed E-state index contributed by atoms with van der Waals surface area (Å²) in [5, 5.41) is 0.532. The number of sulfonamides is 1. The Balaban J connectivity index is 1.86. The summed E-state index contributed by atoms with van der Waals surface area (Å²) in [7, 11) is -2.22. The molecule has 1 aromatic carbocycles. The second-order valence-corrected chi connectivity index (χ2v) is 8.06. The lowest BCUT2D eigenvalue weighted by atomic mass is 10.2. The minimum absolute atomic E-state index is 0.0331. The number of pyridine rings is 1. The Morgan fingerprint density at radius 2 is 1.85 bits per heavy atom. The lowest BCUT2D eigenvalue weighted by Gasteiger charge is -2.10. The third-order valence-corrected chi connectivity index (χ3v) is 5.78. The second kappa shape index (κ2) is 9.16. The predicted molar refractivity (Wildman–Crippen MR) is 101 cm³/mol. The fourth-order valence-electron chi connectivity index (χ4n) is 2.32. The first-order chi connectivity index (χ1) is 12.7. The van der Waals surface area contributed by atoms with Crippen LogP contribution in [0.4, 0.5) is 0 Å². The first-order valence-electron chi connectivity index (χ1n) is 8.13. The average molecular weight is 413 g/mol. The quantitative estimate of drug-likeness (QED) is 0.670. The monoisotopic (exact) mass is 412 g/mol. The van der Waals surface area contributed by atoms with Gasteiger partial charge in [-0.15, -0.1) is 0 Å². The van der Waals surface area contributed by atoms with Crippen molar-refractivity contribution < 1.29 is 22.7 Å². The van der Waals surface area contributed by atoms with Crippen molar-refractivity contribution in [1.29, 1.82) is 0 Å². The van der Waals surface area contributed by atoms with Crippen molar-refractivity contribution in [1.82, 2.24) is 9.71 Å². The zero-order valence-corrected chi connectivity index (χ0v) is 16.9. The Labute approximate surface area is 163 Å². The zero-order chi connectivity index (χ0) is 20.0. The van der Waals surface area contributed by atoms with Gasteiger partial charge in [0.1, 0.15) is 12.4 Å². The van der Waals surface area contributed by atoms with Crippen molar-refractivity contribution in [2.24, 2.45) is 0 Å². The maximum Gasteiger partial charge on any atom is 0.307 e. The average Bonchev–Trinajstić information content (AvgIpc) is 2.64. The molecule has 7 nitrogen and oxygen atoms in total. The Bertz CT molecular complexity index is 908. The van der Waals surface area contributed by atoms with Crippen LogP contribution >= 0.6 is 11.6 Å². The van der Waals surface area contributed by atoms with Gasteiger partial charge in [-0.2, -0.15) is 0 Å². The van der Waals surface area contributed by atoms with E-state index >= 15 is 0 Å². The highest BCUT2D eigenvalue weighted by molar-refractivity contribution is 7.89. The number of ether oxygens (including phenoxy) is 2. The molecule has 1 aromatic heterocycles. The van der Waals surface area contributed by atoms with E-state index in [0.717, 1.165) is 0 Å². The van der Waals surface area contributed by atoms with E-state index in [1.807, 2.05) is 0 Å². The van der Waals surface area contributed by atoms with Gasteiger partial charge in [-0.25, -0.2) is 13.1 Å². The van der Waals surface area contributed by atoms with Crippen molar-refractivity contribution in [2.45, 2.75) is 31.8 Å².